The van der Waals surface area contributed by atoms with Crippen molar-refractivity contribution in [3.63, 3.8) is 0 Å². The Labute approximate surface area is 364 Å². The predicted molar refractivity (Wildman–Crippen MR) is 241 cm³/mol. The highest BCUT2D eigenvalue weighted by Crippen LogP contribution is 2.38. The lowest BCUT2D eigenvalue weighted by Gasteiger charge is -2.24. The quantitative estimate of drug-likeness (QED) is 0.0672. The second-order valence-corrected chi connectivity index (χ2v) is 20.6. The minimum absolute atomic E-state index is 0.00116. The first-order chi connectivity index (χ1) is 27.9. The lowest BCUT2D eigenvalue weighted by Crippen LogP contribution is -2.33. The van der Waals surface area contributed by atoms with E-state index in [-0.39, 0.29) is 58.7 Å². The Hall–Kier alpha value is -2.85. The zero-order chi connectivity index (χ0) is 42.2. The van der Waals surface area contributed by atoms with Gasteiger partial charge in [0.1, 0.15) is 47.1 Å². The molecule has 10 nitrogen and oxygen atoms in total. The van der Waals surface area contributed by atoms with Crippen LogP contribution in [0.25, 0.3) is 11.1 Å². The van der Waals surface area contributed by atoms with Crippen LogP contribution in [0.1, 0.15) is 70.2 Å². The largest absolute Gasteiger partial charge is 0.489 e. The van der Waals surface area contributed by atoms with Crippen LogP contribution in [0.15, 0.2) is 48.6 Å². The minimum Gasteiger partial charge on any atom is -0.489 e. The van der Waals surface area contributed by atoms with Gasteiger partial charge in [-0.05, 0) is 115 Å². The summed E-state index contributed by atoms with van der Waals surface area (Å²) in [4.78, 5) is 50.7. The van der Waals surface area contributed by atoms with E-state index in [0.717, 1.165) is 73.0 Å². The molecule has 2 aliphatic heterocycles. The lowest BCUT2D eigenvalue weighted by molar-refractivity contribution is -0.156. The van der Waals surface area contributed by atoms with Crippen molar-refractivity contribution in [3.8, 4) is 22.6 Å². The third-order valence-electron chi connectivity index (χ3n) is 9.05. The molecule has 0 aliphatic carbocycles. The lowest BCUT2D eigenvalue weighted by atomic mass is 9.92. The van der Waals surface area contributed by atoms with Gasteiger partial charge in [-0.25, -0.2) is 19.2 Å². The van der Waals surface area contributed by atoms with Crippen LogP contribution >= 0.6 is 58.8 Å². The molecule has 0 radical (unpaired) electrons. The summed E-state index contributed by atoms with van der Waals surface area (Å²) in [6.45, 7) is 18.6. The summed E-state index contributed by atoms with van der Waals surface area (Å²) in [6, 6.07) is 8.49. The first-order valence-electron chi connectivity index (χ1n) is 19.6. The summed E-state index contributed by atoms with van der Waals surface area (Å²) in [5, 5.41) is 1.65. The van der Waals surface area contributed by atoms with Crippen molar-refractivity contribution < 1.29 is 47.6 Å². The number of hydrogen-bond donors (Lipinski definition) is 0. The van der Waals surface area contributed by atoms with Gasteiger partial charge in [-0.1, -0.05) is 40.9 Å². The van der Waals surface area contributed by atoms with Gasteiger partial charge >= 0.3 is 23.9 Å². The fraction of sp³-hybridized carbons (Fsp3) is 0.535. The summed E-state index contributed by atoms with van der Waals surface area (Å²) in [5.41, 5.74) is 6.49. The summed E-state index contributed by atoms with van der Waals surface area (Å²) in [5.74, 6) is 1.44. The standard InChI is InChI=1S/C43H56O10S5/c1-9-28-16-32(17-29(10-2)36(28)48-20-34(52-38(44)26(5)6)22-50-40(46)42-55-14-13-15-56-42)33-18-30(11-3)37(31(12-4)19-33)49-21-35(53-39(45)27(7)8)23-51-41(47)43-57-24-54-25-58-43/h16-19,34-35,42-43H,5,7,9-15,20-25H2,1-4,6,8H3. The van der Waals surface area contributed by atoms with Gasteiger partial charge in [0.15, 0.2) is 12.2 Å². The zero-order valence-electron chi connectivity index (χ0n) is 34.3. The minimum atomic E-state index is -0.826. The van der Waals surface area contributed by atoms with Crippen LogP contribution in [0, 0.1) is 0 Å². The molecule has 0 N–H and O–H groups in total. The number of aryl methyl sites for hydroxylation is 4. The maximum atomic E-state index is 12.8. The molecule has 2 atom stereocenters. The van der Waals surface area contributed by atoms with Gasteiger partial charge in [0, 0.05) is 21.3 Å². The van der Waals surface area contributed by atoms with Crippen molar-refractivity contribution in [2.24, 2.45) is 0 Å². The van der Waals surface area contributed by atoms with Gasteiger partial charge in [0.25, 0.3) is 0 Å². The van der Waals surface area contributed by atoms with Gasteiger partial charge in [-0.2, -0.15) is 0 Å². The Kier molecular flexibility index (Phi) is 20.1. The number of benzene rings is 2. The van der Waals surface area contributed by atoms with E-state index in [2.05, 4.69) is 65.1 Å². The van der Waals surface area contributed by atoms with Crippen molar-refractivity contribution in [2.45, 2.75) is 95.0 Å². The van der Waals surface area contributed by atoms with Crippen molar-refractivity contribution in [3.05, 3.63) is 70.8 Å². The number of rotatable bonds is 21. The maximum Gasteiger partial charge on any atom is 0.333 e. The molecule has 2 aromatic carbocycles. The second kappa shape index (κ2) is 24.4. The summed E-state index contributed by atoms with van der Waals surface area (Å²) in [6.07, 6.45) is 2.15. The highest BCUT2D eigenvalue weighted by molar-refractivity contribution is 8.33. The first-order valence-corrected chi connectivity index (χ1v) is 24.9. The number of carbonyl (C=O) groups is 4. The van der Waals surface area contributed by atoms with Crippen LogP contribution in [0.3, 0.4) is 0 Å². The molecule has 2 saturated heterocycles. The highest BCUT2D eigenvalue weighted by atomic mass is 32.3. The molecule has 2 aliphatic rings. The number of ether oxygens (including phenoxy) is 6. The molecule has 2 fully saturated rings. The van der Waals surface area contributed by atoms with E-state index in [1.165, 1.54) is 23.5 Å². The molecule has 318 valence electrons. The van der Waals surface area contributed by atoms with Crippen LogP contribution in [0.5, 0.6) is 11.5 Å². The molecule has 0 amide bonds. The van der Waals surface area contributed by atoms with Crippen LogP contribution in [-0.2, 0) is 63.8 Å². The number of hydrogen-bond acceptors (Lipinski definition) is 15. The second-order valence-electron chi connectivity index (χ2n) is 13.7. The average Bonchev–Trinajstić information content (AvgIpc) is 3.24. The highest BCUT2D eigenvalue weighted by Gasteiger charge is 2.29. The SMILES string of the molecule is C=C(C)C(=O)OC(COC(=O)C1SCCCS1)COc1c(CC)cc(-c2cc(CC)c(OCC(COC(=O)C3SCSCS3)OC(=O)C(=C)C)c(CC)c2)cc1CC. The average molecular weight is 893 g/mol. The third-order valence-corrected chi connectivity index (χ3v) is 16.1. The molecule has 0 aromatic heterocycles. The monoisotopic (exact) mass is 892 g/mol. The molecule has 15 heteroatoms. The van der Waals surface area contributed by atoms with Crippen molar-refractivity contribution in [1.29, 1.82) is 0 Å². The topological polar surface area (TPSA) is 124 Å². The molecule has 4 rings (SSSR count). The van der Waals surface area contributed by atoms with E-state index in [1.807, 2.05) is 0 Å². The number of esters is 4. The van der Waals surface area contributed by atoms with E-state index >= 15 is 0 Å². The molecule has 0 bridgehead atoms. The Morgan fingerprint density at radius 1 is 0.603 bits per heavy atom. The third kappa shape index (κ3) is 14.1. The molecular formula is C43H56O10S5. The van der Waals surface area contributed by atoms with Gasteiger partial charge in [0.05, 0.1) is 0 Å². The first kappa shape index (κ1) is 47.8. The Balaban J connectivity index is 1.54. The fourth-order valence-electron chi connectivity index (χ4n) is 5.90. The Morgan fingerprint density at radius 2 is 0.966 bits per heavy atom. The van der Waals surface area contributed by atoms with Gasteiger partial charge in [-0.3, -0.25) is 0 Å². The van der Waals surface area contributed by atoms with Crippen molar-refractivity contribution >= 4 is 82.7 Å². The van der Waals surface area contributed by atoms with Crippen LogP contribution < -0.4 is 9.47 Å². The predicted octanol–water partition coefficient (Wildman–Crippen LogP) is 9.07. The van der Waals surface area contributed by atoms with Crippen LogP contribution in [0.4, 0.5) is 0 Å². The molecule has 2 unspecified atom stereocenters. The summed E-state index contributed by atoms with van der Waals surface area (Å²) in [7, 11) is 0. The zero-order valence-corrected chi connectivity index (χ0v) is 38.4. The Bertz CT molecular complexity index is 1590. The fourth-order valence-corrected chi connectivity index (χ4v) is 12.9. The number of carbonyl (C=O) groups excluding carboxylic acids is 4. The smallest absolute Gasteiger partial charge is 0.333 e. The van der Waals surface area contributed by atoms with Gasteiger partial charge < -0.3 is 28.4 Å². The maximum absolute atomic E-state index is 12.8. The Morgan fingerprint density at radius 3 is 1.31 bits per heavy atom. The van der Waals surface area contributed by atoms with E-state index in [1.54, 1.807) is 49.1 Å². The van der Waals surface area contributed by atoms with E-state index in [4.69, 9.17) is 28.4 Å². The number of thioether (sulfide) groups is 5. The van der Waals surface area contributed by atoms with Crippen LogP contribution in [0.2, 0.25) is 0 Å². The van der Waals surface area contributed by atoms with E-state index in [0.29, 0.717) is 25.7 Å². The van der Waals surface area contributed by atoms with Gasteiger partial charge in [-0.15, -0.1) is 58.8 Å². The molecule has 0 saturated carbocycles. The molecule has 2 heterocycles. The molecule has 0 spiro atoms. The molecule has 58 heavy (non-hydrogen) atoms. The van der Waals surface area contributed by atoms with Gasteiger partial charge in [0.2, 0.25) is 0 Å². The van der Waals surface area contributed by atoms with E-state index in [9.17, 15) is 19.2 Å². The molecular weight excluding hydrogens is 837 g/mol. The van der Waals surface area contributed by atoms with E-state index < -0.39 is 24.1 Å². The normalized spacial score (nSPS) is 15.8. The molecule has 2 aromatic rings. The van der Waals surface area contributed by atoms with Crippen LogP contribution in [-0.4, -0.2) is 93.4 Å². The summed E-state index contributed by atoms with van der Waals surface area (Å²) < 4.78 is 34.9. The van der Waals surface area contributed by atoms with Crippen molar-refractivity contribution in [2.75, 3.05) is 48.1 Å². The summed E-state index contributed by atoms with van der Waals surface area (Å²) >= 11 is 7.98. The van der Waals surface area contributed by atoms with Crippen molar-refractivity contribution in [1.82, 2.24) is 0 Å².